The van der Waals surface area contributed by atoms with Gasteiger partial charge in [-0.15, -0.1) is 35.4 Å². The van der Waals surface area contributed by atoms with Crippen LogP contribution in [0.4, 0.5) is 17.6 Å². The van der Waals surface area contributed by atoms with E-state index in [1.807, 2.05) is 88.4 Å². The Bertz CT molecular complexity index is 1590. The molecule has 47 heavy (non-hydrogen) atoms. The van der Waals surface area contributed by atoms with Gasteiger partial charge in [-0.05, 0) is 77.6 Å². The van der Waals surface area contributed by atoms with Gasteiger partial charge < -0.3 is 9.13 Å². The first-order valence-corrected chi connectivity index (χ1v) is 15.1. The molecule has 0 amide bonds. The van der Waals surface area contributed by atoms with E-state index in [9.17, 15) is 17.6 Å². The van der Waals surface area contributed by atoms with Crippen LogP contribution in [0.15, 0.2) is 84.9 Å². The first-order valence-electron chi connectivity index (χ1n) is 15.1. The summed E-state index contributed by atoms with van der Waals surface area (Å²) >= 11 is 0. The Morgan fingerprint density at radius 3 is 0.979 bits per heavy atom. The third-order valence-corrected chi connectivity index (χ3v) is 8.57. The quantitative estimate of drug-likeness (QED) is 0.100. The minimum Gasteiger partial charge on any atom is -0.356 e. The van der Waals surface area contributed by atoms with Gasteiger partial charge in [0.2, 0.25) is 0 Å². The Morgan fingerprint density at radius 2 is 0.766 bits per heavy atom. The predicted octanol–water partition coefficient (Wildman–Crippen LogP) is 10.5. The monoisotopic (exact) mass is 674 g/mol. The summed E-state index contributed by atoms with van der Waals surface area (Å²) in [6.45, 7) is 17.1. The van der Waals surface area contributed by atoms with E-state index in [1.165, 1.54) is 46.5 Å². The van der Waals surface area contributed by atoms with Gasteiger partial charge in [0.15, 0.2) is 0 Å². The van der Waals surface area contributed by atoms with Crippen LogP contribution < -0.4 is 0 Å². The van der Waals surface area contributed by atoms with Gasteiger partial charge >= 0.3 is 21.7 Å². The fraction of sp³-hybridized carbons (Fsp3) is 0.250. The molecule has 0 radical (unpaired) electrons. The van der Waals surface area contributed by atoms with Crippen molar-refractivity contribution in [1.29, 1.82) is 0 Å². The summed E-state index contributed by atoms with van der Waals surface area (Å²) in [6, 6.07) is 29.6. The molecule has 0 spiro atoms. The summed E-state index contributed by atoms with van der Waals surface area (Å²) in [5, 5.41) is 0. The van der Waals surface area contributed by atoms with Crippen molar-refractivity contribution < 1.29 is 39.3 Å². The Kier molecular flexibility index (Phi) is 15.4. The second-order valence-corrected chi connectivity index (χ2v) is 11.2. The van der Waals surface area contributed by atoms with Gasteiger partial charge in [-0.2, -0.15) is 48.5 Å². The zero-order valence-electron chi connectivity index (χ0n) is 28.4. The zero-order valence-corrected chi connectivity index (χ0v) is 30.0. The maximum absolute atomic E-state index is 13.6. The van der Waals surface area contributed by atoms with Crippen LogP contribution in [0, 0.1) is 90.8 Å². The molecule has 0 atom stereocenters. The van der Waals surface area contributed by atoms with E-state index in [0.29, 0.717) is 24.2 Å². The number of hydrogen-bond donors (Lipinski definition) is 0. The summed E-state index contributed by atoms with van der Waals surface area (Å²) in [6.07, 6.45) is 0. The molecule has 0 saturated carbocycles. The fourth-order valence-corrected chi connectivity index (χ4v) is 5.05. The molecule has 0 aliphatic heterocycles. The third kappa shape index (κ3) is 10.6. The Morgan fingerprint density at radius 1 is 0.489 bits per heavy atom. The van der Waals surface area contributed by atoms with E-state index in [2.05, 4.69) is 49.0 Å². The second-order valence-electron chi connectivity index (χ2n) is 11.2. The Labute approximate surface area is 292 Å². The normalized spacial score (nSPS) is 10.1. The summed E-state index contributed by atoms with van der Waals surface area (Å²) in [5.74, 6) is -2.55. The van der Waals surface area contributed by atoms with Crippen molar-refractivity contribution in [3.05, 3.63) is 176 Å². The van der Waals surface area contributed by atoms with E-state index in [-0.39, 0.29) is 21.7 Å². The topological polar surface area (TPSA) is 9.86 Å². The first-order chi connectivity index (χ1) is 21.8. The van der Waals surface area contributed by atoms with Crippen LogP contribution in [0.1, 0.15) is 56.2 Å². The SMILES string of the molecule is Cc1c(C)c(C)n(Cc2ccc(F)[c-]c2F)c1C.Cc1c(C)c(C)n(Cc2ccc(F)[c-]c2F)c1C.[Ti+4].c1cc[cH-]c1.c1cc[cH-]c1. The first kappa shape index (κ1) is 39.3. The average molecular weight is 675 g/mol. The van der Waals surface area contributed by atoms with Gasteiger partial charge in [-0.1, -0.05) is 0 Å². The van der Waals surface area contributed by atoms with E-state index in [1.54, 1.807) is 0 Å². The van der Waals surface area contributed by atoms with Crippen molar-refractivity contribution in [1.82, 2.24) is 9.13 Å². The molecule has 0 aliphatic carbocycles. The maximum atomic E-state index is 13.6. The number of nitrogens with zero attached hydrogens (tertiary/aromatic N) is 2. The van der Waals surface area contributed by atoms with Crippen molar-refractivity contribution in [3.8, 4) is 0 Å². The van der Waals surface area contributed by atoms with Gasteiger partial charge in [-0.3, -0.25) is 0 Å². The van der Waals surface area contributed by atoms with E-state index >= 15 is 0 Å². The largest absolute Gasteiger partial charge is 4.00 e. The molecule has 7 heteroatoms. The molecule has 0 saturated heterocycles. The molecule has 0 unspecified atom stereocenters. The van der Waals surface area contributed by atoms with Gasteiger partial charge in [0.25, 0.3) is 0 Å². The summed E-state index contributed by atoms with van der Waals surface area (Å²) < 4.78 is 56.9. The predicted molar refractivity (Wildman–Crippen MR) is 179 cm³/mol. The minimum absolute atomic E-state index is 0. The Balaban J connectivity index is 0.000000248. The van der Waals surface area contributed by atoms with Crippen LogP contribution in [0.2, 0.25) is 0 Å². The van der Waals surface area contributed by atoms with E-state index < -0.39 is 23.3 Å². The average Bonchev–Trinajstić information content (AvgIpc) is 3.86. The van der Waals surface area contributed by atoms with Crippen molar-refractivity contribution in [2.75, 3.05) is 0 Å². The number of hydrogen-bond acceptors (Lipinski definition) is 0. The van der Waals surface area contributed by atoms with E-state index in [4.69, 9.17) is 0 Å². The van der Waals surface area contributed by atoms with Crippen molar-refractivity contribution in [2.24, 2.45) is 0 Å². The molecule has 6 rings (SSSR count). The molecule has 0 bridgehead atoms. The second kappa shape index (κ2) is 18.5. The number of rotatable bonds is 4. The van der Waals surface area contributed by atoms with Gasteiger partial charge in [-0.25, -0.2) is 41.8 Å². The summed E-state index contributed by atoms with van der Waals surface area (Å²) in [4.78, 5) is 0. The fourth-order valence-electron chi connectivity index (χ4n) is 5.05. The molecular formula is C40H42F4N2Ti. The van der Waals surface area contributed by atoms with Gasteiger partial charge in [0.1, 0.15) is 0 Å². The van der Waals surface area contributed by atoms with Crippen molar-refractivity contribution in [2.45, 2.75) is 68.5 Å². The molecule has 0 aliphatic rings. The molecule has 4 aromatic carbocycles. The standard InChI is InChI=1S/2C15H16F2N.2C5H5.Ti/c2*1-9-10(2)12(4)18(11(9)3)8-13-5-6-14(16)7-15(13)17;2*1-2-4-5-3-1;/h2*5-6H,8H2,1-4H3;2*1-5H;/q4*-1;+4. The number of benzene rings is 2. The molecule has 244 valence electrons. The molecular weight excluding hydrogens is 632 g/mol. The third-order valence-electron chi connectivity index (χ3n) is 8.57. The molecule has 6 aromatic rings. The molecule has 0 fully saturated rings. The minimum atomic E-state index is -0.662. The van der Waals surface area contributed by atoms with Crippen molar-refractivity contribution in [3.63, 3.8) is 0 Å². The van der Waals surface area contributed by atoms with Crippen LogP contribution >= 0.6 is 0 Å². The zero-order chi connectivity index (χ0) is 34.0. The molecule has 2 aromatic heterocycles. The summed E-state index contributed by atoms with van der Waals surface area (Å²) in [7, 11) is 0. The number of halogens is 4. The van der Waals surface area contributed by atoms with Crippen LogP contribution in [0.5, 0.6) is 0 Å². The van der Waals surface area contributed by atoms with Crippen LogP contribution in [0.25, 0.3) is 0 Å². The smallest absolute Gasteiger partial charge is 0.356 e. The van der Waals surface area contributed by atoms with Gasteiger partial charge in [0, 0.05) is 59.1 Å². The molecule has 0 N–H and O–H groups in total. The van der Waals surface area contributed by atoms with Crippen LogP contribution in [-0.2, 0) is 34.8 Å². The van der Waals surface area contributed by atoms with Crippen molar-refractivity contribution >= 4 is 0 Å². The van der Waals surface area contributed by atoms with Crippen LogP contribution in [-0.4, -0.2) is 9.13 Å². The molecule has 2 nitrogen and oxygen atoms in total. The maximum Gasteiger partial charge on any atom is 4.00 e. The number of aromatic nitrogens is 2. The summed E-state index contributed by atoms with van der Waals surface area (Å²) in [5.41, 5.74) is 10.3. The van der Waals surface area contributed by atoms with Gasteiger partial charge in [0.05, 0.1) is 0 Å². The molecule has 2 heterocycles. The Hall–Kier alpha value is -3.87. The van der Waals surface area contributed by atoms with Crippen LogP contribution in [0.3, 0.4) is 0 Å². The van der Waals surface area contributed by atoms with E-state index in [0.717, 1.165) is 22.8 Å².